The molecule has 0 aromatic rings. The van der Waals surface area contributed by atoms with Crippen molar-refractivity contribution >= 4 is 0 Å². The Kier molecular flexibility index (Phi) is 17.0. The van der Waals surface area contributed by atoms with E-state index in [4.69, 9.17) is 10.2 Å². The maximum Gasteiger partial charge on any atom is 1.00 e. The van der Waals surface area contributed by atoms with Crippen molar-refractivity contribution in [3.8, 4) is 0 Å². The van der Waals surface area contributed by atoms with Crippen LogP contribution in [0.5, 0.6) is 0 Å². The average molecular weight is 244 g/mol. The first-order valence-corrected chi connectivity index (χ1v) is 5.46. The van der Waals surface area contributed by atoms with Crippen molar-refractivity contribution in [3.05, 3.63) is 0 Å². The van der Waals surface area contributed by atoms with Gasteiger partial charge in [0.2, 0.25) is 0 Å². The molecule has 0 spiro atoms. The molecule has 2 unspecified atom stereocenters. The summed E-state index contributed by atoms with van der Waals surface area (Å²) in [5, 5.41) is 24.3. The van der Waals surface area contributed by atoms with Gasteiger partial charge >= 0.3 is 51.4 Å². The molecule has 0 aromatic heterocycles. The SMILES string of the molecule is CCC(CO)NCCNC(CC)CO.[H-].[K+]. The van der Waals surface area contributed by atoms with Crippen molar-refractivity contribution in [2.45, 2.75) is 38.8 Å². The van der Waals surface area contributed by atoms with Crippen LogP contribution in [-0.4, -0.2) is 48.6 Å². The maximum atomic E-state index is 8.90. The van der Waals surface area contributed by atoms with Gasteiger partial charge < -0.3 is 22.3 Å². The van der Waals surface area contributed by atoms with Crippen LogP contribution < -0.4 is 62.0 Å². The van der Waals surface area contributed by atoms with Crippen LogP contribution in [-0.2, 0) is 0 Å². The zero-order chi connectivity index (χ0) is 10.8. The van der Waals surface area contributed by atoms with Gasteiger partial charge in [-0.1, -0.05) is 13.8 Å². The molecule has 88 valence electrons. The standard InChI is InChI=1S/C10H24N2O2.K.H/c1-3-9(7-13)11-5-6-12-10(4-2)8-14;;/h9-14H,3-8H2,1-2H3;;/q;+1;-1. The predicted molar refractivity (Wildman–Crippen MR) is 59.4 cm³/mol. The van der Waals surface area contributed by atoms with E-state index in [1.165, 1.54) is 0 Å². The van der Waals surface area contributed by atoms with Crippen LogP contribution in [0.2, 0.25) is 0 Å². The summed E-state index contributed by atoms with van der Waals surface area (Å²) >= 11 is 0. The molecule has 0 saturated heterocycles. The van der Waals surface area contributed by atoms with Gasteiger partial charge in [-0.2, -0.15) is 0 Å². The topological polar surface area (TPSA) is 64.5 Å². The quantitative estimate of drug-likeness (QED) is 0.255. The zero-order valence-corrected chi connectivity index (χ0v) is 13.4. The fraction of sp³-hybridized carbons (Fsp3) is 1.00. The normalized spacial score (nSPS) is 14.4. The Morgan fingerprint density at radius 1 is 0.933 bits per heavy atom. The molecule has 0 saturated carbocycles. The molecule has 0 bridgehead atoms. The Morgan fingerprint density at radius 3 is 1.47 bits per heavy atom. The molecule has 0 aliphatic heterocycles. The second-order valence-electron chi connectivity index (χ2n) is 3.48. The molecule has 0 fully saturated rings. The Bertz CT molecular complexity index is 111. The van der Waals surface area contributed by atoms with Crippen LogP contribution in [0.3, 0.4) is 0 Å². The number of nitrogens with one attached hydrogen (secondary N) is 2. The summed E-state index contributed by atoms with van der Waals surface area (Å²) in [6, 6.07) is 0.400. The van der Waals surface area contributed by atoms with Crippen LogP contribution in [0.25, 0.3) is 0 Å². The first kappa shape index (κ1) is 18.8. The Morgan fingerprint density at radius 2 is 1.27 bits per heavy atom. The number of hydrogen-bond acceptors (Lipinski definition) is 4. The molecular formula is C10H25KN2O2. The minimum Gasteiger partial charge on any atom is -1.00 e. The third-order valence-corrected chi connectivity index (χ3v) is 2.42. The van der Waals surface area contributed by atoms with Gasteiger partial charge in [0.25, 0.3) is 0 Å². The fourth-order valence-electron chi connectivity index (χ4n) is 1.23. The van der Waals surface area contributed by atoms with Crippen LogP contribution in [0.1, 0.15) is 28.1 Å². The third kappa shape index (κ3) is 10.4. The smallest absolute Gasteiger partial charge is 1.00 e. The van der Waals surface area contributed by atoms with Gasteiger partial charge in [0.1, 0.15) is 0 Å². The molecule has 0 aromatic carbocycles. The van der Waals surface area contributed by atoms with E-state index in [1.54, 1.807) is 0 Å². The Labute approximate surface area is 137 Å². The van der Waals surface area contributed by atoms with E-state index in [2.05, 4.69) is 10.6 Å². The predicted octanol–water partition coefficient (Wildman–Crippen LogP) is -3.18. The molecular weight excluding hydrogens is 219 g/mol. The molecule has 4 N–H and O–H groups in total. The van der Waals surface area contributed by atoms with E-state index in [0.717, 1.165) is 25.9 Å². The van der Waals surface area contributed by atoms with Gasteiger partial charge in [-0.05, 0) is 12.8 Å². The molecule has 0 heterocycles. The van der Waals surface area contributed by atoms with Crippen molar-refractivity contribution in [1.29, 1.82) is 0 Å². The molecule has 0 rings (SSSR count). The summed E-state index contributed by atoms with van der Waals surface area (Å²) in [6.07, 6.45) is 1.88. The second-order valence-corrected chi connectivity index (χ2v) is 3.48. The first-order valence-electron chi connectivity index (χ1n) is 5.46. The van der Waals surface area contributed by atoms with Crippen molar-refractivity contribution in [1.82, 2.24) is 10.6 Å². The monoisotopic (exact) mass is 244 g/mol. The van der Waals surface area contributed by atoms with Gasteiger partial charge in [0.15, 0.2) is 0 Å². The molecule has 4 nitrogen and oxygen atoms in total. The molecule has 0 aliphatic rings. The summed E-state index contributed by atoms with van der Waals surface area (Å²) in [5.41, 5.74) is 0. The Hall–Kier alpha value is 1.48. The Balaban J connectivity index is -0.000000845. The minimum atomic E-state index is 0. The summed E-state index contributed by atoms with van der Waals surface area (Å²) in [5.74, 6) is 0. The molecule has 2 atom stereocenters. The van der Waals surface area contributed by atoms with Gasteiger partial charge in [-0.3, -0.25) is 0 Å². The molecule has 15 heavy (non-hydrogen) atoms. The minimum absolute atomic E-state index is 0. The van der Waals surface area contributed by atoms with Crippen molar-refractivity contribution < 1.29 is 63.0 Å². The van der Waals surface area contributed by atoms with E-state index in [-0.39, 0.29) is 78.1 Å². The van der Waals surface area contributed by atoms with Crippen molar-refractivity contribution in [2.24, 2.45) is 0 Å². The average Bonchev–Trinajstić information content (AvgIpc) is 2.24. The molecule has 0 aliphatic carbocycles. The van der Waals surface area contributed by atoms with E-state index in [9.17, 15) is 0 Å². The van der Waals surface area contributed by atoms with Crippen LogP contribution in [0, 0.1) is 0 Å². The largest absolute Gasteiger partial charge is 1.00 e. The zero-order valence-electron chi connectivity index (χ0n) is 11.3. The van der Waals surface area contributed by atoms with Crippen LogP contribution in [0.4, 0.5) is 0 Å². The maximum absolute atomic E-state index is 8.90. The summed E-state index contributed by atoms with van der Waals surface area (Å²) in [7, 11) is 0. The number of aliphatic hydroxyl groups excluding tert-OH is 2. The first-order chi connectivity index (χ1) is 6.78. The van der Waals surface area contributed by atoms with Crippen LogP contribution in [0.15, 0.2) is 0 Å². The van der Waals surface area contributed by atoms with Gasteiger partial charge in [-0.15, -0.1) is 0 Å². The van der Waals surface area contributed by atoms with Crippen molar-refractivity contribution in [3.63, 3.8) is 0 Å². The summed E-state index contributed by atoms with van der Waals surface area (Å²) in [6.45, 7) is 6.13. The fourth-order valence-corrected chi connectivity index (χ4v) is 1.23. The van der Waals surface area contributed by atoms with E-state index >= 15 is 0 Å². The van der Waals surface area contributed by atoms with Gasteiger partial charge in [-0.25, -0.2) is 0 Å². The van der Waals surface area contributed by atoms with E-state index in [0.29, 0.717) is 0 Å². The van der Waals surface area contributed by atoms with E-state index in [1.807, 2.05) is 13.8 Å². The number of hydrogen-bond donors (Lipinski definition) is 4. The summed E-state index contributed by atoms with van der Waals surface area (Å²) in [4.78, 5) is 0. The third-order valence-electron chi connectivity index (χ3n) is 2.42. The summed E-state index contributed by atoms with van der Waals surface area (Å²) < 4.78 is 0. The number of rotatable bonds is 9. The molecule has 0 amide bonds. The second kappa shape index (κ2) is 13.5. The van der Waals surface area contributed by atoms with Crippen molar-refractivity contribution in [2.75, 3.05) is 26.3 Å². The van der Waals surface area contributed by atoms with Gasteiger partial charge in [0.05, 0.1) is 13.2 Å². The number of aliphatic hydroxyl groups is 2. The van der Waals surface area contributed by atoms with E-state index < -0.39 is 0 Å². The molecule has 5 heteroatoms. The molecule has 0 radical (unpaired) electrons. The van der Waals surface area contributed by atoms with Crippen LogP contribution >= 0.6 is 0 Å². The van der Waals surface area contributed by atoms with Gasteiger partial charge in [0, 0.05) is 25.2 Å².